The summed E-state index contributed by atoms with van der Waals surface area (Å²) in [6, 6.07) is 5.30. The van der Waals surface area contributed by atoms with Crippen molar-refractivity contribution in [2.45, 2.75) is 6.92 Å². The van der Waals surface area contributed by atoms with Gasteiger partial charge in [0, 0.05) is 8.95 Å². The molecule has 0 bridgehead atoms. The van der Waals surface area contributed by atoms with Gasteiger partial charge in [0.1, 0.15) is 0 Å². The molecule has 0 radical (unpaired) electrons. The monoisotopic (exact) mass is 372 g/mol. The molecule has 0 aliphatic heterocycles. The molecule has 1 amide bonds. The van der Waals surface area contributed by atoms with Crippen LogP contribution in [0.2, 0.25) is 0 Å². The van der Waals surface area contributed by atoms with E-state index in [1.165, 1.54) is 0 Å². The van der Waals surface area contributed by atoms with E-state index in [1.54, 1.807) is 25.1 Å². The zero-order valence-corrected chi connectivity index (χ0v) is 12.6. The number of aromatic nitrogens is 2. The summed E-state index contributed by atoms with van der Waals surface area (Å²) in [5, 5.41) is 9.29. The first-order valence-corrected chi connectivity index (χ1v) is 6.64. The van der Waals surface area contributed by atoms with E-state index in [0.717, 1.165) is 10.2 Å². The molecule has 0 aliphatic carbocycles. The number of anilines is 2. The lowest BCUT2D eigenvalue weighted by molar-refractivity contribution is 0.102. The molecule has 0 saturated heterocycles. The van der Waals surface area contributed by atoms with E-state index in [2.05, 4.69) is 47.4 Å². The first-order valence-electron chi connectivity index (χ1n) is 5.06. The van der Waals surface area contributed by atoms with Gasteiger partial charge < -0.3 is 11.1 Å². The summed E-state index contributed by atoms with van der Waals surface area (Å²) in [6.07, 6.45) is 0. The first-order chi connectivity index (χ1) is 8.49. The van der Waals surface area contributed by atoms with Crippen LogP contribution in [0.4, 0.5) is 11.5 Å². The highest BCUT2D eigenvalue weighted by atomic mass is 79.9. The van der Waals surface area contributed by atoms with Crippen molar-refractivity contribution in [3.8, 4) is 0 Å². The lowest BCUT2D eigenvalue weighted by Crippen LogP contribution is -2.14. The van der Waals surface area contributed by atoms with Crippen LogP contribution in [0.5, 0.6) is 0 Å². The fourth-order valence-corrected chi connectivity index (χ4v) is 2.61. The van der Waals surface area contributed by atoms with Gasteiger partial charge in [0.2, 0.25) is 0 Å². The number of carbonyl (C=O) groups excluding carboxylic acids is 1. The maximum absolute atomic E-state index is 12.0. The molecule has 1 aromatic carbocycles. The number of aryl methyl sites for hydroxylation is 1. The Morgan fingerprint density at radius 1 is 1.44 bits per heavy atom. The number of nitrogens with zero attached hydrogens (tertiary/aromatic N) is 1. The molecule has 1 aromatic heterocycles. The lowest BCUT2D eigenvalue weighted by atomic mass is 10.2. The zero-order chi connectivity index (χ0) is 13.3. The summed E-state index contributed by atoms with van der Waals surface area (Å²) < 4.78 is 1.58. The van der Waals surface area contributed by atoms with Crippen LogP contribution in [-0.2, 0) is 0 Å². The van der Waals surface area contributed by atoms with Gasteiger partial charge in [-0.2, -0.15) is 5.10 Å². The number of hydrogen-bond acceptors (Lipinski definition) is 3. The van der Waals surface area contributed by atoms with E-state index in [0.29, 0.717) is 21.5 Å². The summed E-state index contributed by atoms with van der Waals surface area (Å²) in [4.78, 5) is 12.0. The Morgan fingerprint density at radius 2 is 2.17 bits per heavy atom. The molecule has 0 unspecified atom stereocenters. The molecule has 0 fully saturated rings. The summed E-state index contributed by atoms with van der Waals surface area (Å²) >= 11 is 6.66. The average molecular weight is 374 g/mol. The van der Waals surface area contributed by atoms with Gasteiger partial charge in [-0.05, 0) is 41.1 Å². The third-order valence-corrected chi connectivity index (χ3v) is 3.55. The number of benzene rings is 1. The fourth-order valence-electron chi connectivity index (χ4n) is 1.38. The molecule has 18 heavy (non-hydrogen) atoms. The van der Waals surface area contributed by atoms with E-state index in [-0.39, 0.29) is 5.91 Å². The van der Waals surface area contributed by atoms with Crippen LogP contribution < -0.4 is 11.1 Å². The maximum atomic E-state index is 12.0. The van der Waals surface area contributed by atoms with Crippen molar-refractivity contribution < 1.29 is 4.79 Å². The second-order valence-electron chi connectivity index (χ2n) is 3.69. The van der Waals surface area contributed by atoms with Crippen molar-refractivity contribution >= 4 is 49.3 Å². The molecular weight excluding hydrogens is 364 g/mol. The van der Waals surface area contributed by atoms with Gasteiger partial charge in [0.05, 0.1) is 16.9 Å². The zero-order valence-electron chi connectivity index (χ0n) is 9.42. The minimum absolute atomic E-state index is 0.271. The van der Waals surface area contributed by atoms with E-state index < -0.39 is 0 Å². The molecule has 0 spiro atoms. The van der Waals surface area contributed by atoms with Crippen LogP contribution in [0.1, 0.15) is 16.1 Å². The van der Waals surface area contributed by atoms with Crippen molar-refractivity contribution in [1.29, 1.82) is 0 Å². The molecular formula is C11H10Br2N4O. The minimum atomic E-state index is -0.271. The summed E-state index contributed by atoms with van der Waals surface area (Å²) in [5.74, 6) is 0.0693. The van der Waals surface area contributed by atoms with Crippen molar-refractivity contribution in [3.05, 3.63) is 38.4 Å². The Balaban J connectivity index is 2.25. The third kappa shape index (κ3) is 2.56. The van der Waals surface area contributed by atoms with Crippen molar-refractivity contribution in [3.63, 3.8) is 0 Å². The Bertz CT molecular complexity index is 609. The van der Waals surface area contributed by atoms with Crippen molar-refractivity contribution in [2.75, 3.05) is 11.1 Å². The van der Waals surface area contributed by atoms with E-state index >= 15 is 0 Å². The van der Waals surface area contributed by atoms with Crippen LogP contribution >= 0.6 is 31.9 Å². The lowest BCUT2D eigenvalue weighted by Gasteiger charge is -2.05. The second-order valence-corrected chi connectivity index (χ2v) is 5.46. The number of aromatic amines is 1. The molecule has 0 atom stereocenters. The number of amides is 1. The van der Waals surface area contributed by atoms with E-state index in [9.17, 15) is 4.79 Å². The predicted molar refractivity (Wildman–Crippen MR) is 77.5 cm³/mol. The van der Waals surface area contributed by atoms with Crippen molar-refractivity contribution in [1.82, 2.24) is 10.2 Å². The van der Waals surface area contributed by atoms with Crippen molar-refractivity contribution in [2.24, 2.45) is 0 Å². The molecule has 0 aliphatic rings. The number of halogens is 2. The maximum Gasteiger partial charge on any atom is 0.258 e. The minimum Gasteiger partial charge on any atom is -0.394 e. The predicted octanol–water partition coefficient (Wildman–Crippen LogP) is 3.08. The number of hydrogen-bond donors (Lipinski definition) is 3. The quantitative estimate of drug-likeness (QED) is 0.756. The van der Waals surface area contributed by atoms with Gasteiger partial charge in [0.25, 0.3) is 5.91 Å². The number of nitrogens with one attached hydrogen (secondary N) is 2. The Hall–Kier alpha value is -1.34. The van der Waals surface area contributed by atoms with Gasteiger partial charge in [-0.15, -0.1) is 0 Å². The highest BCUT2D eigenvalue weighted by molar-refractivity contribution is 9.11. The Kier molecular flexibility index (Phi) is 3.72. The number of H-pyrrole nitrogens is 1. The fraction of sp³-hybridized carbons (Fsp3) is 0.0909. The molecule has 0 saturated carbocycles. The number of nitrogen functional groups attached to an aromatic ring is 1. The van der Waals surface area contributed by atoms with E-state index in [4.69, 9.17) is 5.73 Å². The van der Waals surface area contributed by atoms with Crippen LogP contribution in [0, 0.1) is 6.92 Å². The van der Waals surface area contributed by atoms with Crippen LogP contribution in [0.25, 0.3) is 0 Å². The number of rotatable bonds is 2. The number of carbonyl (C=O) groups is 1. The largest absolute Gasteiger partial charge is 0.394 e. The van der Waals surface area contributed by atoms with E-state index in [1.807, 2.05) is 0 Å². The van der Waals surface area contributed by atoms with Crippen LogP contribution in [0.3, 0.4) is 0 Å². The SMILES string of the molecule is Cc1[nH]nc(NC(=O)c2ccc(Br)cc2Br)c1N. The third-order valence-electron chi connectivity index (χ3n) is 2.40. The van der Waals surface area contributed by atoms with Gasteiger partial charge in [-0.3, -0.25) is 9.89 Å². The Labute approximate surface area is 120 Å². The summed E-state index contributed by atoms with van der Waals surface area (Å²) in [7, 11) is 0. The molecule has 4 N–H and O–H groups in total. The molecule has 2 aromatic rings. The molecule has 7 heteroatoms. The van der Waals surface area contributed by atoms with Gasteiger partial charge in [-0.1, -0.05) is 15.9 Å². The van der Waals surface area contributed by atoms with Gasteiger partial charge in [-0.25, -0.2) is 0 Å². The Morgan fingerprint density at radius 3 is 2.72 bits per heavy atom. The molecule has 5 nitrogen and oxygen atoms in total. The topological polar surface area (TPSA) is 83.8 Å². The average Bonchev–Trinajstić information content (AvgIpc) is 2.61. The molecule has 1 heterocycles. The summed E-state index contributed by atoms with van der Waals surface area (Å²) in [6.45, 7) is 1.79. The molecule has 94 valence electrons. The van der Waals surface area contributed by atoms with Gasteiger partial charge >= 0.3 is 0 Å². The van der Waals surface area contributed by atoms with Gasteiger partial charge in [0.15, 0.2) is 5.82 Å². The smallest absolute Gasteiger partial charge is 0.258 e. The number of nitrogens with two attached hydrogens (primary N) is 1. The highest BCUT2D eigenvalue weighted by Gasteiger charge is 2.14. The normalized spacial score (nSPS) is 10.4. The standard InChI is InChI=1S/C11H10Br2N4O/c1-5-9(14)10(17-16-5)15-11(18)7-3-2-6(12)4-8(7)13/h2-4H,14H2,1H3,(H2,15,16,17,18). The van der Waals surface area contributed by atoms with Crippen LogP contribution in [0.15, 0.2) is 27.1 Å². The first kappa shape index (κ1) is 13.1. The molecule has 2 rings (SSSR count). The second kappa shape index (κ2) is 5.11. The highest BCUT2D eigenvalue weighted by Crippen LogP contribution is 2.24. The summed E-state index contributed by atoms with van der Waals surface area (Å²) in [5.41, 5.74) is 7.44. The van der Waals surface area contributed by atoms with Crippen LogP contribution in [-0.4, -0.2) is 16.1 Å².